The molecule has 0 aliphatic carbocycles. The van der Waals surface area contributed by atoms with Gasteiger partial charge in [-0.1, -0.05) is 23.4 Å². The van der Waals surface area contributed by atoms with Crippen molar-refractivity contribution in [3.8, 4) is 5.69 Å². The van der Waals surface area contributed by atoms with Crippen molar-refractivity contribution in [1.82, 2.24) is 25.6 Å². The summed E-state index contributed by atoms with van der Waals surface area (Å²) in [5, 5.41) is 13.3. The van der Waals surface area contributed by atoms with E-state index >= 15 is 0 Å². The Labute approximate surface area is 144 Å². The molecule has 0 saturated carbocycles. The minimum atomic E-state index is -2.83. The lowest BCUT2D eigenvalue weighted by atomic mass is 10.1. The number of amides is 1. The fourth-order valence-corrected chi connectivity index (χ4v) is 2.47. The zero-order valence-electron chi connectivity index (χ0n) is 12.9. The third-order valence-electron chi connectivity index (χ3n) is 3.76. The molecule has 0 spiro atoms. The summed E-state index contributed by atoms with van der Waals surface area (Å²) in [5.74, 6) is -3.29. The van der Waals surface area contributed by atoms with E-state index in [0.29, 0.717) is 5.69 Å². The molecule has 2 aromatic rings. The lowest BCUT2D eigenvalue weighted by Gasteiger charge is -2.15. The summed E-state index contributed by atoms with van der Waals surface area (Å²) in [5.41, 5.74) is 1.41. The van der Waals surface area contributed by atoms with Crippen molar-refractivity contribution in [3.63, 3.8) is 0 Å². The molecule has 130 valence electrons. The normalized spacial score (nSPS) is 20.2. The highest BCUT2D eigenvalue weighted by Crippen LogP contribution is 2.25. The second-order valence-corrected chi connectivity index (χ2v) is 5.65. The Hall–Kier alpha value is -2.06. The van der Waals surface area contributed by atoms with E-state index in [9.17, 15) is 13.6 Å². The monoisotopic (exact) mass is 357 g/mol. The minimum Gasteiger partial charge on any atom is -0.347 e. The molecular weight excluding hydrogens is 340 g/mol. The molecule has 2 heterocycles. The summed E-state index contributed by atoms with van der Waals surface area (Å²) in [6, 6.07) is 8.13. The summed E-state index contributed by atoms with van der Waals surface area (Å²) < 4.78 is 27.9. The van der Waals surface area contributed by atoms with Gasteiger partial charge in [-0.3, -0.25) is 10.1 Å². The number of nitrogens with one attached hydrogen (secondary N) is 2. The van der Waals surface area contributed by atoms with Gasteiger partial charge in [0.2, 0.25) is 5.91 Å². The van der Waals surface area contributed by atoms with Gasteiger partial charge in [0.25, 0.3) is 5.92 Å². The number of aromatic nitrogens is 3. The highest BCUT2D eigenvalue weighted by Gasteiger charge is 2.42. The number of alkyl halides is 2. The van der Waals surface area contributed by atoms with Gasteiger partial charge in [-0.25, -0.2) is 13.5 Å². The van der Waals surface area contributed by atoms with Crippen LogP contribution in [0, 0.1) is 0 Å². The topological polar surface area (TPSA) is 71.8 Å². The Morgan fingerprint density at radius 1 is 1.42 bits per heavy atom. The molecule has 1 aromatic heterocycles. The van der Waals surface area contributed by atoms with Crippen LogP contribution in [0.2, 0.25) is 0 Å². The fourth-order valence-electron chi connectivity index (χ4n) is 2.47. The van der Waals surface area contributed by atoms with Crippen LogP contribution in [0.25, 0.3) is 5.69 Å². The predicted molar refractivity (Wildman–Crippen MR) is 86.5 cm³/mol. The molecule has 9 heteroatoms. The molecule has 24 heavy (non-hydrogen) atoms. The summed E-state index contributed by atoms with van der Waals surface area (Å²) >= 11 is 0. The summed E-state index contributed by atoms with van der Waals surface area (Å²) in [6.07, 6.45) is 1.22. The molecule has 2 N–H and O–H groups in total. The second kappa shape index (κ2) is 7.23. The molecule has 1 fully saturated rings. The maximum Gasteiger partial charge on any atom is 0.262 e. The summed E-state index contributed by atoms with van der Waals surface area (Å²) in [4.78, 5) is 12.0. The molecule has 1 amide bonds. The number of benzene rings is 1. The minimum absolute atomic E-state index is 0. The fraction of sp³-hybridized carbons (Fsp3) is 0.400. The Morgan fingerprint density at radius 2 is 2.12 bits per heavy atom. The predicted octanol–water partition coefficient (Wildman–Crippen LogP) is 1.86. The van der Waals surface area contributed by atoms with Gasteiger partial charge in [0.15, 0.2) is 0 Å². The number of rotatable bonds is 4. The first kappa shape index (κ1) is 18.3. The lowest BCUT2D eigenvalue weighted by Crippen LogP contribution is -2.41. The summed E-state index contributed by atoms with van der Waals surface area (Å²) in [7, 11) is 0. The van der Waals surface area contributed by atoms with Gasteiger partial charge in [0, 0.05) is 6.42 Å². The van der Waals surface area contributed by atoms with Crippen molar-refractivity contribution >= 4 is 18.3 Å². The summed E-state index contributed by atoms with van der Waals surface area (Å²) in [6.45, 7) is 1.27. The van der Waals surface area contributed by atoms with Crippen molar-refractivity contribution in [2.75, 3.05) is 6.54 Å². The first-order valence-corrected chi connectivity index (χ1v) is 7.34. The third-order valence-corrected chi connectivity index (χ3v) is 3.76. The largest absolute Gasteiger partial charge is 0.347 e. The van der Waals surface area contributed by atoms with E-state index in [4.69, 9.17) is 0 Å². The number of para-hydroxylation sites is 1. The van der Waals surface area contributed by atoms with E-state index in [1.54, 1.807) is 17.8 Å². The van der Waals surface area contributed by atoms with Crippen molar-refractivity contribution in [3.05, 3.63) is 42.2 Å². The van der Waals surface area contributed by atoms with Gasteiger partial charge in [0.05, 0.1) is 30.5 Å². The number of hydrogen-bond donors (Lipinski definition) is 2. The lowest BCUT2D eigenvalue weighted by molar-refractivity contribution is -0.124. The van der Waals surface area contributed by atoms with Crippen LogP contribution >= 0.6 is 12.4 Å². The number of halogens is 3. The molecule has 2 atom stereocenters. The molecule has 6 nitrogen and oxygen atoms in total. The standard InChI is InChI=1S/C15H17F2N5O.ClH/c1-10(19-14(23)12-7-15(16,17)9-18-12)13-8-22(21-20-13)11-5-3-2-4-6-11;/h2-6,8,10,12,18H,7,9H2,1H3,(H,19,23);1H. The van der Waals surface area contributed by atoms with Crippen molar-refractivity contribution in [2.45, 2.75) is 31.4 Å². The third kappa shape index (κ3) is 4.07. The zero-order valence-corrected chi connectivity index (χ0v) is 13.8. The van der Waals surface area contributed by atoms with Crippen molar-refractivity contribution < 1.29 is 13.6 Å². The number of carbonyl (C=O) groups is 1. The average molecular weight is 358 g/mol. The van der Waals surface area contributed by atoms with Crippen molar-refractivity contribution in [1.29, 1.82) is 0 Å². The van der Waals surface area contributed by atoms with E-state index in [1.807, 2.05) is 30.3 Å². The van der Waals surface area contributed by atoms with E-state index in [-0.39, 0.29) is 12.4 Å². The molecule has 0 radical (unpaired) electrons. The molecule has 3 rings (SSSR count). The molecule has 1 aliphatic rings. The first-order chi connectivity index (χ1) is 10.9. The van der Waals surface area contributed by atoms with Crippen LogP contribution < -0.4 is 10.6 Å². The first-order valence-electron chi connectivity index (χ1n) is 7.34. The Bertz CT molecular complexity index is 694. The number of nitrogens with zero attached hydrogens (tertiary/aromatic N) is 3. The molecule has 1 aliphatic heterocycles. The van der Waals surface area contributed by atoms with Crippen LogP contribution in [-0.2, 0) is 4.79 Å². The molecule has 1 aromatic carbocycles. The van der Waals surface area contributed by atoms with Gasteiger partial charge in [-0.2, -0.15) is 0 Å². The van der Waals surface area contributed by atoms with Crippen LogP contribution in [0.5, 0.6) is 0 Å². The highest BCUT2D eigenvalue weighted by molar-refractivity contribution is 5.85. The van der Waals surface area contributed by atoms with Gasteiger partial charge in [-0.15, -0.1) is 17.5 Å². The molecule has 1 saturated heterocycles. The Morgan fingerprint density at radius 3 is 2.75 bits per heavy atom. The van der Waals surface area contributed by atoms with Crippen LogP contribution in [0.4, 0.5) is 8.78 Å². The SMILES string of the molecule is CC(NC(=O)C1CC(F)(F)CN1)c1cn(-c2ccccc2)nn1.Cl. The maximum atomic E-state index is 13.1. The van der Waals surface area contributed by atoms with E-state index in [0.717, 1.165) is 5.69 Å². The average Bonchev–Trinajstić information content (AvgIpc) is 3.15. The number of carbonyl (C=O) groups excluding carboxylic acids is 1. The molecular formula is C15H18ClF2N5O. The van der Waals surface area contributed by atoms with Crippen LogP contribution in [0.15, 0.2) is 36.5 Å². The van der Waals surface area contributed by atoms with Crippen molar-refractivity contribution in [2.24, 2.45) is 0 Å². The van der Waals surface area contributed by atoms with Gasteiger partial charge in [0.1, 0.15) is 5.69 Å². The Kier molecular flexibility index (Phi) is 5.51. The van der Waals surface area contributed by atoms with E-state index in [1.165, 1.54) is 0 Å². The maximum absolute atomic E-state index is 13.1. The number of hydrogen-bond acceptors (Lipinski definition) is 4. The van der Waals surface area contributed by atoms with Gasteiger partial charge < -0.3 is 5.32 Å². The quantitative estimate of drug-likeness (QED) is 0.876. The van der Waals surface area contributed by atoms with E-state index < -0.39 is 36.9 Å². The Balaban J connectivity index is 0.00000208. The van der Waals surface area contributed by atoms with Gasteiger partial charge in [-0.05, 0) is 19.1 Å². The second-order valence-electron chi connectivity index (χ2n) is 5.65. The highest BCUT2D eigenvalue weighted by atomic mass is 35.5. The van der Waals surface area contributed by atoms with Gasteiger partial charge >= 0.3 is 0 Å². The van der Waals surface area contributed by atoms with E-state index in [2.05, 4.69) is 20.9 Å². The molecule has 0 bridgehead atoms. The van der Waals surface area contributed by atoms with Crippen LogP contribution in [-0.4, -0.2) is 39.4 Å². The van der Waals surface area contributed by atoms with Crippen LogP contribution in [0.3, 0.4) is 0 Å². The van der Waals surface area contributed by atoms with Crippen LogP contribution in [0.1, 0.15) is 25.1 Å². The smallest absolute Gasteiger partial charge is 0.262 e. The zero-order chi connectivity index (χ0) is 16.4. The molecule has 2 unspecified atom stereocenters.